The van der Waals surface area contributed by atoms with Gasteiger partial charge in [-0.25, -0.2) is 9.98 Å². The van der Waals surface area contributed by atoms with Crippen LogP contribution in [-0.2, 0) is 0 Å². The highest BCUT2D eigenvalue weighted by atomic mass is 32.2. The molecule has 0 bridgehead atoms. The van der Waals surface area contributed by atoms with Crippen molar-refractivity contribution in [2.75, 3.05) is 5.32 Å². The number of amidine groups is 2. The highest BCUT2D eigenvalue weighted by Crippen LogP contribution is 2.46. The van der Waals surface area contributed by atoms with E-state index in [4.69, 9.17) is 9.98 Å². The lowest BCUT2D eigenvalue weighted by molar-refractivity contribution is 0.756. The van der Waals surface area contributed by atoms with Crippen LogP contribution in [0.5, 0.6) is 0 Å². The molecule has 6 rings (SSSR count). The normalized spacial score (nSPS) is 19.0. The maximum Gasteiger partial charge on any atom is 0.169 e. The lowest BCUT2D eigenvalue weighted by Gasteiger charge is -2.22. The average Bonchev–Trinajstić information content (AvgIpc) is 3.34. The summed E-state index contributed by atoms with van der Waals surface area (Å²) in [6, 6.07) is 37.5. The Labute approximate surface area is 197 Å². The number of fused-ring (bicyclic) bond motifs is 1. The van der Waals surface area contributed by atoms with Gasteiger partial charge in [0.1, 0.15) is 17.0 Å². The van der Waals surface area contributed by atoms with E-state index in [2.05, 4.69) is 83.4 Å². The predicted octanol–water partition coefficient (Wildman–Crippen LogP) is 6.40. The minimum Gasteiger partial charge on any atom is -0.368 e. The van der Waals surface area contributed by atoms with Crippen LogP contribution >= 0.6 is 11.8 Å². The summed E-state index contributed by atoms with van der Waals surface area (Å²) in [5.74, 6) is 1.67. The van der Waals surface area contributed by atoms with Gasteiger partial charge in [0.15, 0.2) is 6.17 Å². The van der Waals surface area contributed by atoms with Crippen LogP contribution in [0, 0.1) is 0 Å². The fourth-order valence-electron chi connectivity index (χ4n) is 4.07. The molecule has 2 N–H and O–H groups in total. The van der Waals surface area contributed by atoms with E-state index in [-0.39, 0.29) is 11.5 Å². The fraction of sp³-hybridized carbons (Fsp3) is 0.0714. The zero-order valence-electron chi connectivity index (χ0n) is 17.8. The molecule has 2 atom stereocenters. The summed E-state index contributed by atoms with van der Waals surface area (Å²) in [7, 11) is 0. The maximum atomic E-state index is 4.95. The summed E-state index contributed by atoms with van der Waals surface area (Å²) in [4.78, 5) is 11.2. The molecule has 0 saturated heterocycles. The second kappa shape index (κ2) is 8.60. The number of anilines is 1. The van der Waals surface area contributed by atoms with Crippen LogP contribution in [0.2, 0.25) is 0 Å². The Morgan fingerprint density at radius 1 is 0.576 bits per heavy atom. The number of thioether (sulfide) groups is 1. The molecular weight excluding hydrogens is 424 g/mol. The van der Waals surface area contributed by atoms with E-state index in [1.54, 1.807) is 0 Å². The Kier molecular flexibility index (Phi) is 5.17. The molecule has 0 radical (unpaired) electrons. The molecule has 0 fully saturated rings. The smallest absolute Gasteiger partial charge is 0.169 e. The van der Waals surface area contributed by atoms with Crippen LogP contribution in [-0.4, -0.2) is 11.7 Å². The molecule has 4 nitrogen and oxygen atoms in total. The lowest BCUT2D eigenvalue weighted by Crippen LogP contribution is -2.36. The van der Waals surface area contributed by atoms with Crippen LogP contribution < -0.4 is 10.6 Å². The molecule has 33 heavy (non-hydrogen) atoms. The molecule has 0 aromatic heterocycles. The van der Waals surface area contributed by atoms with Crippen molar-refractivity contribution in [1.82, 2.24) is 5.32 Å². The molecule has 4 aromatic carbocycles. The summed E-state index contributed by atoms with van der Waals surface area (Å²) in [6.07, 6.45) is -0.279. The molecule has 160 valence electrons. The number of aliphatic imine (C=N–C) groups is 2. The highest BCUT2D eigenvalue weighted by Gasteiger charge is 2.23. The fourth-order valence-corrected chi connectivity index (χ4v) is 5.21. The van der Waals surface area contributed by atoms with Crippen molar-refractivity contribution < 1.29 is 0 Å². The molecule has 5 heteroatoms. The van der Waals surface area contributed by atoms with Crippen molar-refractivity contribution in [2.24, 2.45) is 9.98 Å². The van der Waals surface area contributed by atoms with Gasteiger partial charge in [-0.05, 0) is 23.3 Å². The SMILES string of the molecule is c1ccc(C2=NC(c3ccccc3)N=C(c3ccc(C4Nc5ccccc5S4)cc3)N2)cc1. The first-order valence-electron chi connectivity index (χ1n) is 11.0. The number of hydrogen-bond acceptors (Lipinski definition) is 5. The molecule has 2 aliphatic heterocycles. The number of nitrogens with one attached hydrogen (secondary N) is 2. The van der Waals surface area contributed by atoms with Gasteiger partial charge < -0.3 is 10.6 Å². The van der Waals surface area contributed by atoms with Gasteiger partial charge in [-0.15, -0.1) is 0 Å². The average molecular weight is 447 g/mol. The standard InChI is InChI=1S/C28H22N4S/c1-3-9-19(10-4-1)25-30-26(20-11-5-2-6-12-20)32-27(31-25)21-15-17-22(18-16-21)28-29-23-13-7-8-14-24(23)33-28/h1-18,25,28-29H,(H,30,31,32). The van der Waals surface area contributed by atoms with Gasteiger partial charge in [0.25, 0.3) is 0 Å². The van der Waals surface area contributed by atoms with E-state index in [9.17, 15) is 0 Å². The monoisotopic (exact) mass is 446 g/mol. The van der Waals surface area contributed by atoms with E-state index < -0.39 is 0 Å². The van der Waals surface area contributed by atoms with E-state index in [1.165, 1.54) is 16.1 Å². The van der Waals surface area contributed by atoms with Crippen molar-refractivity contribution in [1.29, 1.82) is 0 Å². The third-order valence-corrected chi connectivity index (χ3v) is 7.03. The van der Waals surface area contributed by atoms with Gasteiger partial charge in [-0.2, -0.15) is 0 Å². The van der Waals surface area contributed by atoms with Gasteiger partial charge in [-0.3, -0.25) is 0 Å². The first-order chi connectivity index (χ1) is 16.3. The first-order valence-corrected chi connectivity index (χ1v) is 11.9. The summed E-state index contributed by atoms with van der Waals surface area (Å²) < 4.78 is 0. The second-order valence-electron chi connectivity index (χ2n) is 7.99. The van der Waals surface area contributed by atoms with E-state index in [1.807, 2.05) is 48.2 Å². The number of hydrogen-bond donors (Lipinski definition) is 2. The predicted molar refractivity (Wildman–Crippen MR) is 137 cm³/mol. The molecular formula is C28H22N4S. The number of rotatable bonds is 4. The first kappa shape index (κ1) is 19.8. The zero-order chi connectivity index (χ0) is 22.0. The molecule has 0 spiro atoms. The minimum atomic E-state index is -0.279. The Morgan fingerprint density at radius 3 is 1.88 bits per heavy atom. The van der Waals surface area contributed by atoms with Crippen molar-refractivity contribution in [3.63, 3.8) is 0 Å². The molecule has 0 amide bonds. The van der Waals surface area contributed by atoms with Crippen molar-refractivity contribution in [3.8, 4) is 0 Å². The van der Waals surface area contributed by atoms with E-state index >= 15 is 0 Å². The van der Waals surface area contributed by atoms with Crippen LogP contribution in [0.1, 0.15) is 33.8 Å². The summed E-state index contributed by atoms with van der Waals surface area (Å²) in [5.41, 5.74) is 5.61. The second-order valence-corrected chi connectivity index (χ2v) is 9.14. The third kappa shape index (κ3) is 4.03. The number of para-hydroxylation sites is 1. The molecule has 2 aliphatic rings. The third-order valence-electron chi connectivity index (χ3n) is 5.79. The van der Waals surface area contributed by atoms with Crippen LogP contribution in [0.3, 0.4) is 0 Å². The Hall–Kier alpha value is -3.83. The van der Waals surface area contributed by atoms with Crippen molar-refractivity contribution >= 4 is 29.1 Å². The molecule has 4 aromatic rings. The quantitative estimate of drug-likeness (QED) is 0.381. The van der Waals surface area contributed by atoms with Crippen molar-refractivity contribution in [3.05, 3.63) is 131 Å². The van der Waals surface area contributed by atoms with Gasteiger partial charge in [-0.1, -0.05) is 109 Å². The van der Waals surface area contributed by atoms with E-state index in [0.29, 0.717) is 0 Å². The van der Waals surface area contributed by atoms with E-state index in [0.717, 1.165) is 28.4 Å². The zero-order valence-corrected chi connectivity index (χ0v) is 18.7. The van der Waals surface area contributed by atoms with Gasteiger partial charge >= 0.3 is 0 Å². The number of benzene rings is 4. The Morgan fingerprint density at radius 2 is 1.18 bits per heavy atom. The molecule has 0 saturated carbocycles. The molecule has 0 aliphatic carbocycles. The molecule has 2 heterocycles. The van der Waals surface area contributed by atoms with Gasteiger partial charge in [0.2, 0.25) is 0 Å². The van der Waals surface area contributed by atoms with Crippen LogP contribution in [0.15, 0.2) is 124 Å². The number of nitrogens with zero attached hydrogens (tertiary/aromatic N) is 2. The van der Waals surface area contributed by atoms with Crippen LogP contribution in [0.4, 0.5) is 5.69 Å². The Bertz CT molecular complexity index is 1310. The maximum absolute atomic E-state index is 4.95. The Balaban J connectivity index is 1.30. The van der Waals surface area contributed by atoms with Crippen molar-refractivity contribution in [2.45, 2.75) is 16.4 Å². The lowest BCUT2D eigenvalue weighted by atomic mass is 10.1. The summed E-state index contributed by atoms with van der Waals surface area (Å²) in [6.45, 7) is 0. The summed E-state index contributed by atoms with van der Waals surface area (Å²) in [5, 5.41) is 7.29. The van der Waals surface area contributed by atoms with Gasteiger partial charge in [0, 0.05) is 21.7 Å². The highest BCUT2D eigenvalue weighted by molar-refractivity contribution is 8.00. The summed E-state index contributed by atoms with van der Waals surface area (Å²) >= 11 is 1.85. The topological polar surface area (TPSA) is 48.8 Å². The van der Waals surface area contributed by atoms with Gasteiger partial charge in [0.05, 0.1) is 0 Å². The van der Waals surface area contributed by atoms with Crippen LogP contribution in [0.25, 0.3) is 0 Å². The largest absolute Gasteiger partial charge is 0.368 e. The minimum absolute atomic E-state index is 0.219. The molecule has 2 unspecified atom stereocenters.